The van der Waals surface area contributed by atoms with Crippen molar-refractivity contribution in [1.29, 1.82) is 5.26 Å². The summed E-state index contributed by atoms with van der Waals surface area (Å²) in [5.74, 6) is -0.167. The van der Waals surface area contributed by atoms with Gasteiger partial charge in [-0.3, -0.25) is 10.00 Å². The third kappa shape index (κ3) is 4.30. The zero-order valence-corrected chi connectivity index (χ0v) is 13.2. The lowest BCUT2D eigenvalue weighted by Crippen LogP contribution is -2.29. The highest BCUT2D eigenvalue weighted by Gasteiger charge is 2.19. The average Bonchev–Trinajstić information content (AvgIpc) is 2.88. The Morgan fingerprint density at radius 3 is 2.78 bits per heavy atom. The molecule has 23 heavy (non-hydrogen) atoms. The van der Waals surface area contributed by atoms with E-state index < -0.39 is 6.03 Å². The minimum atomic E-state index is -0.509. The fourth-order valence-electron chi connectivity index (χ4n) is 1.87. The molecule has 0 aliphatic carbocycles. The van der Waals surface area contributed by atoms with E-state index in [1.54, 1.807) is 23.0 Å². The third-order valence-electron chi connectivity index (χ3n) is 3.10. The van der Waals surface area contributed by atoms with Crippen LogP contribution in [0.3, 0.4) is 0 Å². The summed E-state index contributed by atoms with van der Waals surface area (Å²) in [5, 5.41) is 18.5. The third-order valence-corrected chi connectivity index (χ3v) is 3.10. The van der Waals surface area contributed by atoms with Crippen LogP contribution in [0, 0.1) is 17.1 Å². The number of anilines is 1. The first-order chi connectivity index (χ1) is 10.8. The van der Waals surface area contributed by atoms with Crippen LogP contribution in [-0.2, 0) is 12.1 Å². The second kappa shape index (κ2) is 6.48. The van der Waals surface area contributed by atoms with Gasteiger partial charge in [-0.25, -0.2) is 9.18 Å². The fourth-order valence-corrected chi connectivity index (χ4v) is 1.87. The normalized spacial score (nSPS) is 10.9. The van der Waals surface area contributed by atoms with Crippen molar-refractivity contribution in [2.45, 2.75) is 32.9 Å². The summed E-state index contributed by atoms with van der Waals surface area (Å²) in [6.45, 7) is 5.99. The number of hydrogen-bond donors (Lipinski definition) is 2. The van der Waals surface area contributed by atoms with E-state index >= 15 is 0 Å². The number of rotatable bonds is 3. The second-order valence-electron chi connectivity index (χ2n) is 6.06. The van der Waals surface area contributed by atoms with Gasteiger partial charge in [0.05, 0.1) is 5.54 Å². The Morgan fingerprint density at radius 1 is 1.43 bits per heavy atom. The van der Waals surface area contributed by atoms with Gasteiger partial charge in [0.25, 0.3) is 0 Å². The number of nitrogens with one attached hydrogen (secondary N) is 2. The van der Waals surface area contributed by atoms with Crippen LogP contribution >= 0.6 is 0 Å². The summed E-state index contributed by atoms with van der Waals surface area (Å²) in [6.07, 6.45) is 1.59. The first-order valence-electron chi connectivity index (χ1n) is 7.09. The van der Waals surface area contributed by atoms with E-state index in [0.717, 1.165) is 0 Å². The van der Waals surface area contributed by atoms with Crippen molar-refractivity contribution in [3.05, 3.63) is 47.4 Å². The van der Waals surface area contributed by atoms with Crippen molar-refractivity contribution in [1.82, 2.24) is 15.1 Å². The van der Waals surface area contributed by atoms with Crippen molar-refractivity contribution in [2.75, 3.05) is 5.32 Å². The zero-order chi connectivity index (χ0) is 17.0. The zero-order valence-electron chi connectivity index (χ0n) is 13.2. The first-order valence-corrected chi connectivity index (χ1v) is 7.09. The van der Waals surface area contributed by atoms with Gasteiger partial charge in [0, 0.05) is 12.7 Å². The molecule has 2 N–H and O–H groups in total. The molecule has 120 valence electrons. The van der Waals surface area contributed by atoms with E-state index in [2.05, 4.69) is 15.7 Å². The molecule has 1 aromatic carbocycles. The van der Waals surface area contributed by atoms with E-state index in [1.807, 2.05) is 26.8 Å². The molecule has 2 rings (SSSR count). The molecule has 6 nitrogen and oxygen atoms in total. The number of carbonyl (C=O) groups excluding carboxylic acids is 1. The molecule has 0 spiro atoms. The Kier molecular flexibility index (Phi) is 4.65. The molecule has 0 saturated heterocycles. The highest BCUT2D eigenvalue weighted by atomic mass is 19.1. The van der Waals surface area contributed by atoms with Crippen LogP contribution < -0.4 is 10.6 Å². The van der Waals surface area contributed by atoms with Gasteiger partial charge in [-0.2, -0.15) is 10.4 Å². The molecule has 0 aliphatic heterocycles. The van der Waals surface area contributed by atoms with Gasteiger partial charge in [-0.1, -0.05) is 12.1 Å². The number of hydrogen-bond acceptors (Lipinski definition) is 3. The van der Waals surface area contributed by atoms with Crippen LogP contribution in [0.4, 0.5) is 15.0 Å². The van der Waals surface area contributed by atoms with Gasteiger partial charge in [0.1, 0.15) is 17.4 Å². The van der Waals surface area contributed by atoms with Crippen LogP contribution in [-0.4, -0.2) is 15.8 Å². The summed E-state index contributed by atoms with van der Waals surface area (Å²) in [4.78, 5) is 11.9. The van der Waals surface area contributed by atoms with Crippen LogP contribution in [0.2, 0.25) is 0 Å². The molecule has 2 aromatic rings. The van der Waals surface area contributed by atoms with Gasteiger partial charge >= 0.3 is 6.03 Å². The first kappa shape index (κ1) is 16.5. The number of amides is 2. The maximum absolute atomic E-state index is 13.1. The largest absolute Gasteiger partial charge is 0.334 e. The minimum absolute atomic E-state index is 0.172. The molecule has 2 amide bonds. The lowest BCUT2D eigenvalue weighted by atomic mass is 10.1. The number of nitriles is 1. The Labute approximate surface area is 133 Å². The smallest absolute Gasteiger partial charge is 0.320 e. The van der Waals surface area contributed by atoms with Gasteiger partial charge in [-0.05, 0) is 38.5 Å². The average molecular weight is 315 g/mol. The van der Waals surface area contributed by atoms with Gasteiger partial charge in [0.2, 0.25) is 0 Å². The van der Waals surface area contributed by atoms with Crippen molar-refractivity contribution in [2.24, 2.45) is 0 Å². The SMILES string of the molecule is CC(C)(C)n1cc(C#N)c(NC(=O)NCc2cccc(F)c2)n1. The number of aromatic nitrogens is 2. The maximum Gasteiger partial charge on any atom is 0.320 e. The Bertz CT molecular complexity index is 755. The molecule has 0 unspecified atom stereocenters. The molecule has 1 heterocycles. The predicted molar refractivity (Wildman–Crippen MR) is 84.2 cm³/mol. The van der Waals surface area contributed by atoms with E-state index in [-0.39, 0.29) is 29.3 Å². The summed E-state index contributed by atoms with van der Waals surface area (Å²) in [6, 6.07) is 7.45. The number of carbonyl (C=O) groups is 1. The van der Waals surface area contributed by atoms with Crippen molar-refractivity contribution in [3.63, 3.8) is 0 Å². The topological polar surface area (TPSA) is 82.7 Å². The summed E-state index contributed by atoms with van der Waals surface area (Å²) in [5.41, 5.74) is 0.616. The summed E-state index contributed by atoms with van der Waals surface area (Å²) < 4.78 is 14.7. The van der Waals surface area contributed by atoms with Crippen molar-refractivity contribution < 1.29 is 9.18 Å². The Hall–Kier alpha value is -2.88. The summed E-state index contributed by atoms with van der Waals surface area (Å²) in [7, 11) is 0. The van der Waals surface area contributed by atoms with E-state index in [0.29, 0.717) is 5.56 Å². The molecule has 0 atom stereocenters. The Morgan fingerprint density at radius 2 is 2.17 bits per heavy atom. The molecule has 0 saturated carbocycles. The van der Waals surface area contributed by atoms with E-state index in [1.165, 1.54) is 12.1 Å². The van der Waals surface area contributed by atoms with E-state index in [4.69, 9.17) is 5.26 Å². The van der Waals surface area contributed by atoms with Crippen LogP contribution in [0.1, 0.15) is 31.9 Å². The molecule has 0 radical (unpaired) electrons. The molecule has 0 aliphatic rings. The highest BCUT2D eigenvalue weighted by molar-refractivity contribution is 5.89. The molecule has 1 aromatic heterocycles. The van der Waals surface area contributed by atoms with Crippen LogP contribution in [0.25, 0.3) is 0 Å². The van der Waals surface area contributed by atoms with Crippen molar-refractivity contribution >= 4 is 11.8 Å². The number of nitrogens with zero attached hydrogens (tertiary/aromatic N) is 3. The van der Waals surface area contributed by atoms with E-state index in [9.17, 15) is 9.18 Å². The Balaban J connectivity index is 2.03. The molecule has 0 fully saturated rings. The van der Waals surface area contributed by atoms with Gasteiger partial charge < -0.3 is 5.32 Å². The quantitative estimate of drug-likeness (QED) is 0.913. The molecular formula is C16H18FN5O. The minimum Gasteiger partial charge on any atom is -0.334 e. The number of urea groups is 1. The fraction of sp³-hybridized carbons (Fsp3) is 0.312. The lowest BCUT2D eigenvalue weighted by molar-refractivity contribution is 0.251. The van der Waals surface area contributed by atoms with Gasteiger partial charge in [-0.15, -0.1) is 0 Å². The summed E-state index contributed by atoms with van der Waals surface area (Å²) >= 11 is 0. The molecule has 0 bridgehead atoms. The van der Waals surface area contributed by atoms with Crippen LogP contribution in [0.5, 0.6) is 0 Å². The predicted octanol–water partition coefficient (Wildman–Crippen LogP) is 2.97. The second-order valence-corrected chi connectivity index (χ2v) is 6.06. The highest BCUT2D eigenvalue weighted by Crippen LogP contribution is 2.19. The van der Waals surface area contributed by atoms with Crippen LogP contribution in [0.15, 0.2) is 30.5 Å². The standard InChI is InChI=1S/C16H18FN5O/c1-16(2,3)22-10-12(8-18)14(21-22)20-15(23)19-9-11-5-4-6-13(17)7-11/h4-7,10H,9H2,1-3H3,(H2,19,20,21,23). The molecule has 7 heteroatoms. The lowest BCUT2D eigenvalue weighted by Gasteiger charge is -2.18. The molecular weight excluding hydrogens is 297 g/mol. The van der Waals surface area contributed by atoms with Gasteiger partial charge in [0.15, 0.2) is 5.82 Å². The maximum atomic E-state index is 13.1. The van der Waals surface area contributed by atoms with Crippen molar-refractivity contribution in [3.8, 4) is 6.07 Å². The number of benzene rings is 1. The number of halogens is 1. The monoisotopic (exact) mass is 315 g/mol.